The summed E-state index contributed by atoms with van der Waals surface area (Å²) in [6.07, 6.45) is 1.68. The van der Waals surface area contributed by atoms with Crippen LogP contribution in [-0.2, 0) is 6.54 Å². The minimum Gasteiger partial charge on any atom is -0.497 e. The molecule has 210 valence electrons. The highest BCUT2D eigenvalue weighted by atomic mass is 16.5. The first kappa shape index (κ1) is 26.5. The lowest BCUT2D eigenvalue weighted by atomic mass is 9.95. The molecule has 6 rings (SSSR count). The molecule has 0 atom stereocenters. The van der Waals surface area contributed by atoms with Crippen LogP contribution in [-0.4, -0.2) is 49.5 Å². The molecule has 42 heavy (non-hydrogen) atoms. The van der Waals surface area contributed by atoms with E-state index in [1.807, 2.05) is 55.5 Å². The number of aromatic amines is 1. The van der Waals surface area contributed by atoms with Gasteiger partial charge in [-0.15, -0.1) is 0 Å². The number of carboxylic acid groups (broad SMARTS) is 1. The number of hydrogen-bond donors (Lipinski definition) is 2. The number of imidazole rings is 1. The molecule has 3 aromatic carbocycles. The third-order valence-electron chi connectivity index (χ3n) is 6.82. The zero-order valence-corrected chi connectivity index (χ0v) is 22.7. The maximum atomic E-state index is 12.0. The van der Waals surface area contributed by atoms with E-state index in [0.29, 0.717) is 47.3 Å². The second kappa shape index (κ2) is 11.0. The number of aromatic carboxylic acids is 1. The number of pyridine rings is 1. The van der Waals surface area contributed by atoms with E-state index in [2.05, 4.69) is 20.1 Å². The van der Waals surface area contributed by atoms with Crippen LogP contribution in [0.3, 0.4) is 0 Å². The normalized spacial score (nSPS) is 11.1. The van der Waals surface area contributed by atoms with E-state index in [1.54, 1.807) is 42.1 Å². The van der Waals surface area contributed by atoms with Gasteiger partial charge >= 0.3 is 11.7 Å². The summed E-state index contributed by atoms with van der Waals surface area (Å²) in [5, 5.41) is 13.7. The van der Waals surface area contributed by atoms with E-state index in [9.17, 15) is 14.7 Å². The molecule has 6 aromatic rings. The monoisotopic (exact) mass is 563 g/mol. The van der Waals surface area contributed by atoms with Crippen molar-refractivity contribution in [2.24, 2.45) is 0 Å². The summed E-state index contributed by atoms with van der Waals surface area (Å²) in [6, 6.07) is 22.5. The molecule has 0 bridgehead atoms. The number of methoxy groups -OCH3 is 1. The van der Waals surface area contributed by atoms with Crippen LogP contribution in [0.1, 0.15) is 22.8 Å². The number of nitrogens with one attached hydrogen (secondary N) is 1. The summed E-state index contributed by atoms with van der Waals surface area (Å²) in [7, 11) is 1.60. The van der Waals surface area contributed by atoms with Crippen molar-refractivity contribution in [2.75, 3.05) is 13.7 Å². The molecule has 11 heteroatoms. The lowest BCUT2D eigenvalue weighted by Gasteiger charge is -2.13. The largest absolute Gasteiger partial charge is 0.497 e. The molecule has 0 unspecified atom stereocenters. The standard InChI is InChI=1S/C31H25N5O6/c1-3-41-30-33-25-6-4-5-23(29(37)38)27(25)36(30)17-18-7-9-19(10-8-18)24-15-20(26-16-21(40-2)13-14-32-26)11-12-22(24)28-34-31(39)42-35-28/h4-16H,3,17H2,1-2H3,(H,37,38)(H,34,35,39). The van der Waals surface area contributed by atoms with E-state index in [-0.39, 0.29) is 5.56 Å². The number of H-pyrrole nitrogens is 1. The summed E-state index contributed by atoms with van der Waals surface area (Å²) < 4.78 is 17.7. The summed E-state index contributed by atoms with van der Waals surface area (Å²) in [4.78, 5) is 35.4. The quantitative estimate of drug-likeness (QED) is 0.240. The topological polar surface area (TPSA) is 145 Å². The summed E-state index contributed by atoms with van der Waals surface area (Å²) in [6.45, 7) is 2.58. The van der Waals surface area contributed by atoms with Crippen LogP contribution in [0.2, 0.25) is 0 Å². The second-order valence-corrected chi connectivity index (χ2v) is 9.37. The molecule has 3 heterocycles. The van der Waals surface area contributed by atoms with E-state index >= 15 is 0 Å². The molecular formula is C31H25N5O6. The minimum absolute atomic E-state index is 0.150. The Balaban J connectivity index is 1.42. The van der Waals surface area contributed by atoms with Gasteiger partial charge in [-0.3, -0.25) is 19.1 Å². The van der Waals surface area contributed by atoms with Crippen molar-refractivity contribution in [3.63, 3.8) is 0 Å². The first-order valence-corrected chi connectivity index (χ1v) is 13.1. The number of ether oxygens (including phenoxy) is 2. The fourth-order valence-electron chi connectivity index (χ4n) is 4.89. The van der Waals surface area contributed by atoms with Crippen molar-refractivity contribution in [1.82, 2.24) is 24.7 Å². The molecule has 0 saturated heterocycles. The Labute approximate surface area is 239 Å². The number of para-hydroxylation sites is 1. The van der Waals surface area contributed by atoms with E-state index < -0.39 is 11.7 Å². The van der Waals surface area contributed by atoms with Crippen LogP contribution in [0.5, 0.6) is 11.8 Å². The van der Waals surface area contributed by atoms with Crippen molar-refractivity contribution in [2.45, 2.75) is 13.5 Å². The fourth-order valence-corrected chi connectivity index (χ4v) is 4.89. The Hall–Kier alpha value is -5.71. The number of benzene rings is 3. The first-order chi connectivity index (χ1) is 20.4. The zero-order chi connectivity index (χ0) is 29.2. The molecule has 0 saturated carbocycles. The molecular weight excluding hydrogens is 538 g/mol. The summed E-state index contributed by atoms with van der Waals surface area (Å²) in [5.41, 5.74) is 5.98. The third-order valence-corrected chi connectivity index (χ3v) is 6.82. The SMILES string of the molecule is CCOc1nc2cccc(C(=O)O)c2n1Cc1ccc(-c2cc(-c3cc(OC)ccn3)ccc2-c2noc(=O)[nH]2)cc1. The van der Waals surface area contributed by atoms with Gasteiger partial charge in [0.15, 0.2) is 5.82 Å². The number of carbonyl (C=O) groups is 1. The van der Waals surface area contributed by atoms with Gasteiger partial charge in [0.1, 0.15) is 5.75 Å². The Morgan fingerprint density at radius 1 is 1.02 bits per heavy atom. The highest BCUT2D eigenvalue weighted by Gasteiger charge is 2.19. The van der Waals surface area contributed by atoms with Crippen molar-refractivity contribution in [3.05, 3.63) is 101 Å². The van der Waals surface area contributed by atoms with Gasteiger partial charge in [-0.2, -0.15) is 4.98 Å². The molecule has 2 N–H and O–H groups in total. The van der Waals surface area contributed by atoms with Gasteiger partial charge in [0.25, 0.3) is 6.01 Å². The Kier molecular flexibility index (Phi) is 6.97. The predicted octanol–water partition coefficient (Wildman–Crippen LogP) is 5.26. The van der Waals surface area contributed by atoms with E-state index in [1.165, 1.54) is 0 Å². The first-order valence-electron chi connectivity index (χ1n) is 13.1. The van der Waals surface area contributed by atoms with Gasteiger partial charge in [-0.25, -0.2) is 9.59 Å². The third kappa shape index (κ3) is 4.99. The van der Waals surface area contributed by atoms with Crippen molar-refractivity contribution in [1.29, 1.82) is 0 Å². The number of nitrogens with zero attached hydrogens (tertiary/aromatic N) is 4. The van der Waals surface area contributed by atoms with Gasteiger partial charge in [0.05, 0.1) is 42.6 Å². The number of hydrogen-bond acceptors (Lipinski definition) is 8. The second-order valence-electron chi connectivity index (χ2n) is 9.37. The van der Waals surface area contributed by atoms with Crippen molar-refractivity contribution < 1.29 is 23.9 Å². The van der Waals surface area contributed by atoms with Crippen LogP contribution >= 0.6 is 0 Å². The Bertz CT molecular complexity index is 1970. The van der Waals surface area contributed by atoms with Gasteiger partial charge in [-0.05, 0) is 53.9 Å². The smallest absolute Gasteiger partial charge is 0.439 e. The van der Waals surface area contributed by atoms with Gasteiger partial charge in [-0.1, -0.05) is 41.6 Å². The van der Waals surface area contributed by atoms with Crippen molar-refractivity contribution >= 4 is 17.0 Å². The maximum absolute atomic E-state index is 12.0. The summed E-state index contributed by atoms with van der Waals surface area (Å²) >= 11 is 0. The van der Waals surface area contributed by atoms with Crippen LogP contribution in [0.25, 0.3) is 44.8 Å². The van der Waals surface area contributed by atoms with Crippen molar-refractivity contribution in [3.8, 4) is 45.5 Å². The van der Waals surface area contributed by atoms with Crippen LogP contribution in [0.15, 0.2) is 88.3 Å². The predicted molar refractivity (Wildman–Crippen MR) is 155 cm³/mol. The molecule has 11 nitrogen and oxygen atoms in total. The van der Waals surface area contributed by atoms with Gasteiger partial charge in [0, 0.05) is 23.4 Å². The lowest BCUT2D eigenvalue weighted by molar-refractivity contribution is 0.0698. The van der Waals surface area contributed by atoms with E-state index in [4.69, 9.17) is 14.0 Å². The fraction of sp³-hybridized carbons (Fsp3) is 0.129. The number of carboxylic acids is 1. The molecule has 0 amide bonds. The van der Waals surface area contributed by atoms with Crippen LogP contribution in [0.4, 0.5) is 0 Å². The maximum Gasteiger partial charge on any atom is 0.439 e. The number of fused-ring (bicyclic) bond motifs is 1. The average Bonchev–Trinajstić information content (AvgIpc) is 3.60. The van der Waals surface area contributed by atoms with E-state index in [0.717, 1.165) is 27.9 Å². The Morgan fingerprint density at radius 2 is 1.83 bits per heavy atom. The molecule has 0 aliphatic carbocycles. The van der Waals surface area contributed by atoms with Crippen LogP contribution < -0.4 is 15.2 Å². The highest BCUT2D eigenvalue weighted by molar-refractivity contribution is 6.01. The molecule has 0 spiro atoms. The Morgan fingerprint density at radius 3 is 2.55 bits per heavy atom. The molecule has 0 aliphatic rings. The van der Waals surface area contributed by atoms with Gasteiger partial charge < -0.3 is 14.6 Å². The lowest BCUT2D eigenvalue weighted by Crippen LogP contribution is -2.08. The number of rotatable bonds is 9. The highest BCUT2D eigenvalue weighted by Crippen LogP contribution is 2.35. The van der Waals surface area contributed by atoms with Gasteiger partial charge in [0.2, 0.25) is 0 Å². The summed E-state index contributed by atoms with van der Waals surface area (Å²) in [5.74, 6) is -0.704. The van der Waals surface area contributed by atoms with Crippen LogP contribution in [0, 0.1) is 0 Å². The average molecular weight is 564 g/mol. The molecule has 0 aliphatic heterocycles. The molecule has 3 aromatic heterocycles. The molecule has 0 radical (unpaired) electrons. The molecule has 0 fully saturated rings. The minimum atomic E-state index is -1.04. The zero-order valence-electron chi connectivity index (χ0n) is 22.7. The number of aromatic nitrogens is 5.